The fraction of sp³-hybridized carbons (Fsp3) is 0.684. The molecule has 1 aromatic carbocycles. The number of benzene rings is 1. The second kappa shape index (κ2) is 5.69. The van der Waals surface area contributed by atoms with Gasteiger partial charge in [0.25, 0.3) is 0 Å². The lowest BCUT2D eigenvalue weighted by molar-refractivity contribution is -0.120. The average molecular weight is 363 g/mol. The van der Waals surface area contributed by atoms with Crippen LogP contribution in [-0.2, 0) is 21.2 Å². The number of fused-ring (bicyclic) bond motifs is 1. The van der Waals surface area contributed by atoms with Gasteiger partial charge in [0.1, 0.15) is 5.75 Å². The van der Waals surface area contributed by atoms with Crippen LogP contribution in [0.25, 0.3) is 0 Å². The minimum atomic E-state index is -3.43. The highest BCUT2D eigenvalue weighted by Crippen LogP contribution is 2.58. The highest BCUT2D eigenvalue weighted by Gasteiger charge is 2.61. The van der Waals surface area contributed by atoms with Crippen molar-refractivity contribution in [2.75, 3.05) is 26.4 Å². The van der Waals surface area contributed by atoms with Crippen LogP contribution in [0.5, 0.6) is 5.75 Å². The summed E-state index contributed by atoms with van der Waals surface area (Å²) in [6.45, 7) is 2.88. The molecule has 1 aliphatic carbocycles. The first-order chi connectivity index (χ1) is 12.1. The van der Waals surface area contributed by atoms with Crippen molar-refractivity contribution >= 4 is 10.0 Å². The van der Waals surface area contributed by atoms with Crippen LogP contribution in [0.3, 0.4) is 0 Å². The molecule has 1 unspecified atom stereocenters. The Kier molecular flexibility index (Phi) is 3.67. The number of hydrogen-bond donors (Lipinski definition) is 0. The van der Waals surface area contributed by atoms with Crippen molar-refractivity contribution in [3.8, 4) is 5.75 Å². The van der Waals surface area contributed by atoms with E-state index >= 15 is 0 Å². The Labute approximate surface area is 149 Å². The highest BCUT2D eigenvalue weighted by molar-refractivity contribution is 7.89. The van der Waals surface area contributed by atoms with Crippen molar-refractivity contribution in [2.45, 2.75) is 49.5 Å². The maximum absolute atomic E-state index is 13.3. The first-order valence-corrected chi connectivity index (χ1v) is 10.9. The second-order valence-corrected chi connectivity index (χ2v) is 9.92. The van der Waals surface area contributed by atoms with Crippen LogP contribution >= 0.6 is 0 Å². The van der Waals surface area contributed by atoms with E-state index in [1.165, 1.54) is 19.3 Å². The minimum Gasteiger partial charge on any atom is -0.493 e. The Hall–Kier alpha value is -1.11. The van der Waals surface area contributed by atoms with Crippen LogP contribution in [0, 0.1) is 11.3 Å². The van der Waals surface area contributed by atoms with Gasteiger partial charge in [0.05, 0.1) is 11.5 Å². The summed E-state index contributed by atoms with van der Waals surface area (Å²) in [6, 6.07) is 5.52. The SMILES string of the molecule is O=S(=O)(c1ccc2c(c1)CCO2)N1CC2(CCC2)C1C1CCOCC1. The normalized spacial score (nSPS) is 28.9. The molecular formula is C19H25NO4S. The van der Waals surface area contributed by atoms with E-state index in [9.17, 15) is 8.42 Å². The molecular weight excluding hydrogens is 338 g/mol. The van der Waals surface area contributed by atoms with E-state index in [1.54, 1.807) is 10.4 Å². The summed E-state index contributed by atoms with van der Waals surface area (Å²) in [4.78, 5) is 0.433. The lowest BCUT2D eigenvalue weighted by atomic mass is 9.55. The summed E-state index contributed by atoms with van der Waals surface area (Å²) in [6.07, 6.45) is 6.36. The maximum Gasteiger partial charge on any atom is 0.243 e. The van der Waals surface area contributed by atoms with Gasteiger partial charge in [0, 0.05) is 37.6 Å². The molecule has 0 radical (unpaired) electrons. The van der Waals surface area contributed by atoms with Crippen LogP contribution in [0.2, 0.25) is 0 Å². The fourth-order valence-corrected chi connectivity index (χ4v) is 7.16. The van der Waals surface area contributed by atoms with Gasteiger partial charge in [-0.2, -0.15) is 4.31 Å². The molecule has 25 heavy (non-hydrogen) atoms. The first-order valence-electron chi connectivity index (χ1n) is 9.46. The molecule has 1 atom stereocenters. The molecule has 3 heterocycles. The van der Waals surface area contributed by atoms with Gasteiger partial charge >= 0.3 is 0 Å². The molecule has 0 amide bonds. The van der Waals surface area contributed by atoms with Crippen molar-refractivity contribution in [2.24, 2.45) is 11.3 Å². The van der Waals surface area contributed by atoms with Crippen LogP contribution in [0.4, 0.5) is 0 Å². The van der Waals surface area contributed by atoms with E-state index < -0.39 is 10.0 Å². The third-order valence-corrected chi connectivity index (χ3v) is 8.56. The predicted octanol–water partition coefficient (Wildman–Crippen LogP) is 2.59. The van der Waals surface area contributed by atoms with Crippen LogP contribution < -0.4 is 4.74 Å². The van der Waals surface area contributed by atoms with Gasteiger partial charge in [-0.1, -0.05) is 6.42 Å². The Morgan fingerprint density at radius 1 is 1.12 bits per heavy atom. The summed E-state index contributed by atoms with van der Waals surface area (Å²) in [5.74, 6) is 1.27. The van der Waals surface area contributed by atoms with Gasteiger partial charge in [-0.25, -0.2) is 8.42 Å². The Bertz CT molecular complexity index is 781. The molecule has 5 rings (SSSR count). The Morgan fingerprint density at radius 2 is 1.92 bits per heavy atom. The summed E-state index contributed by atoms with van der Waals surface area (Å²) in [5, 5.41) is 0. The molecule has 5 nitrogen and oxygen atoms in total. The van der Waals surface area contributed by atoms with E-state index in [2.05, 4.69) is 0 Å². The summed E-state index contributed by atoms with van der Waals surface area (Å²) < 4.78 is 39.5. The van der Waals surface area contributed by atoms with Crippen molar-refractivity contribution in [1.82, 2.24) is 4.31 Å². The van der Waals surface area contributed by atoms with Crippen molar-refractivity contribution < 1.29 is 17.9 Å². The minimum absolute atomic E-state index is 0.166. The van der Waals surface area contributed by atoms with E-state index in [0.29, 0.717) is 24.0 Å². The number of hydrogen-bond acceptors (Lipinski definition) is 4. The van der Waals surface area contributed by atoms with E-state index in [4.69, 9.17) is 9.47 Å². The standard InChI is InChI=1S/C19H25NO4S/c21-25(22,16-2-3-17-15(12-16)6-11-24-17)20-13-19(7-1-8-19)18(20)14-4-9-23-10-5-14/h2-3,12,14,18H,1,4-11,13H2. The van der Waals surface area contributed by atoms with E-state index in [0.717, 1.165) is 43.8 Å². The zero-order chi connectivity index (χ0) is 17.1. The number of sulfonamides is 1. The van der Waals surface area contributed by atoms with Crippen molar-refractivity contribution in [1.29, 1.82) is 0 Å². The Balaban J connectivity index is 1.46. The molecule has 3 fully saturated rings. The fourth-order valence-electron chi connectivity index (χ4n) is 5.24. The summed E-state index contributed by atoms with van der Waals surface area (Å²) in [5.41, 5.74) is 1.26. The smallest absolute Gasteiger partial charge is 0.243 e. The molecule has 1 aromatic rings. The Morgan fingerprint density at radius 3 is 2.64 bits per heavy atom. The van der Waals surface area contributed by atoms with Crippen LogP contribution in [0.15, 0.2) is 23.1 Å². The van der Waals surface area contributed by atoms with Crippen molar-refractivity contribution in [3.05, 3.63) is 23.8 Å². The molecule has 0 aromatic heterocycles. The average Bonchev–Trinajstić information content (AvgIpc) is 3.01. The topological polar surface area (TPSA) is 55.8 Å². The zero-order valence-corrected chi connectivity index (χ0v) is 15.3. The molecule has 136 valence electrons. The molecule has 2 saturated heterocycles. The first kappa shape index (κ1) is 16.1. The zero-order valence-electron chi connectivity index (χ0n) is 14.4. The van der Waals surface area contributed by atoms with Gasteiger partial charge in [-0.3, -0.25) is 0 Å². The molecule has 0 bridgehead atoms. The molecule has 0 N–H and O–H groups in total. The molecule has 1 spiro atoms. The van der Waals surface area contributed by atoms with E-state index in [-0.39, 0.29) is 11.5 Å². The van der Waals surface area contributed by atoms with Crippen LogP contribution in [-0.4, -0.2) is 45.1 Å². The van der Waals surface area contributed by atoms with Gasteiger partial charge in [0.2, 0.25) is 10.0 Å². The van der Waals surface area contributed by atoms with Gasteiger partial charge in [-0.15, -0.1) is 0 Å². The number of rotatable bonds is 3. The maximum atomic E-state index is 13.3. The van der Waals surface area contributed by atoms with Gasteiger partial charge in [-0.05, 0) is 55.4 Å². The predicted molar refractivity (Wildman–Crippen MR) is 93.1 cm³/mol. The second-order valence-electron chi connectivity index (χ2n) is 8.03. The molecule has 6 heteroatoms. The molecule has 4 aliphatic rings. The lowest BCUT2D eigenvalue weighted by Gasteiger charge is -2.64. The largest absolute Gasteiger partial charge is 0.493 e. The van der Waals surface area contributed by atoms with Crippen LogP contribution in [0.1, 0.15) is 37.7 Å². The lowest BCUT2D eigenvalue weighted by Crippen LogP contribution is -2.71. The summed E-state index contributed by atoms with van der Waals surface area (Å²) >= 11 is 0. The quantitative estimate of drug-likeness (QED) is 0.828. The van der Waals surface area contributed by atoms with Crippen molar-refractivity contribution in [3.63, 3.8) is 0 Å². The molecule has 1 saturated carbocycles. The third-order valence-electron chi connectivity index (χ3n) is 6.74. The van der Waals surface area contributed by atoms with Gasteiger partial charge < -0.3 is 9.47 Å². The highest BCUT2D eigenvalue weighted by atomic mass is 32.2. The number of ether oxygens (including phenoxy) is 2. The van der Waals surface area contributed by atoms with Gasteiger partial charge in [0.15, 0.2) is 0 Å². The van der Waals surface area contributed by atoms with E-state index in [1.807, 2.05) is 12.1 Å². The number of nitrogens with zero attached hydrogens (tertiary/aromatic N) is 1. The third kappa shape index (κ3) is 2.37. The summed E-state index contributed by atoms with van der Waals surface area (Å²) in [7, 11) is -3.43. The molecule has 3 aliphatic heterocycles. The monoisotopic (exact) mass is 363 g/mol.